The number of benzene rings is 1. The number of nitrogens with one attached hydrogen (secondary N) is 1. The van der Waals surface area contributed by atoms with Crippen LogP contribution in [0.15, 0.2) is 24.3 Å². The molecule has 0 aliphatic heterocycles. The standard InChI is InChI=1S/C15H23NO2/c17-14-7-5-13(6-8-14)10-16-11-15(18)9-12-3-1-2-4-12/h5-8,12,15-18H,1-4,9-11H2. The van der Waals surface area contributed by atoms with E-state index in [1.807, 2.05) is 12.1 Å². The Bertz CT molecular complexity index is 344. The topological polar surface area (TPSA) is 52.5 Å². The van der Waals surface area contributed by atoms with Crippen LogP contribution in [0.25, 0.3) is 0 Å². The lowest BCUT2D eigenvalue weighted by Gasteiger charge is -2.16. The smallest absolute Gasteiger partial charge is 0.115 e. The average molecular weight is 249 g/mol. The first kappa shape index (κ1) is 13.4. The maximum atomic E-state index is 9.93. The Morgan fingerprint density at radius 1 is 1.17 bits per heavy atom. The van der Waals surface area contributed by atoms with Crippen LogP contribution >= 0.6 is 0 Å². The highest BCUT2D eigenvalue weighted by Crippen LogP contribution is 2.28. The number of phenols is 1. The summed E-state index contributed by atoms with van der Waals surface area (Å²) < 4.78 is 0. The average Bonchev–Trinajstić information content (AvgIpc) is 2.84. The summed E-state index contributed by atoms with van der Waals surface area (Å²) in [6, 6.07) is 7.16. The molecule has 3 nitrogen and oxygen atoms in total. The minimum Gasteiger partial charge on any atom is -0.508 e. The molecule has 18 heavy (non-hydrogen) atoms. The lowest BCUT2D eigenvalue weighted by atomic mass is 10.00. The molecule has 1 aliphatic rings. The molecule has 1 saturated carbocycles. The molecule has 3 N–H and O–H groups in total. The highest BCUT2D eigenvalue weighted by Gasteiger charge is 2.18. The number of aliphatic hydroxyl groups excluding tert-OH is 1. The van der Waals surface area contributed by atoms with E-state index in [0.717, 1.165) is 24.4 Å². The van der Waals surface area contributed by atoms with Gasteiger partial charge in [0.1, 0.15) is 5.75 Å². The van der Waals surface area contributed by atoms with E-state index < -0.39 is 0 Å². The molecule has 1 atom stereocenters. The van der Waals surface area contributed by atoms with Crippen LogP contribution < -0.4 is 5.32 Å². The molecule has 1 aliphatic carbocycles. The number of phenolic OH excluding ortho intramolecular Hbond substituents is 1. The number of hydrogen-bond acceptors (Lipinski definition) is 3. The minimum absolute atomic E-state index is 0.231. The zero-order valence-electron chi connectivity index (χ0n) is 10.8. The molecule has 0 heterocycles. The molecule has 3 heteroatoms. The summed E-state index contributed by atoms with van der Waals surface area (Å²) in [5.74, 6) is 1.02. The molecule has 1 aromatic carbocycles. The summed E-state index contributed by atoms with van der Waals surface area (Å²) in [6.07, 6.45) is 5.94. The van der Waals surface area contributed by atoms with E-state index in [9.17, 15) is 5.11 Å². The number of rotatable bonds is 6. The minimum atomic E-state index is -0.231. The fourth-order valence-corrected chi connectivity index (χ4v) is 2.71. The van der Waals surface area contributed by atoms with Gasteiger partial charge in [0.15, 0.2) is 0 Å². The van der Waals surface area contributed by atoms with Gasteiger partial charge in [-0.2, -0.15) is 0 Å². The number of aromatic hydroxyl groups is 1. The fraction of sp³-hybridized carbons (Fsp3) is 0.600. The molecule has 0 saturated heterocycles. The monoisotopic (exact) mass is 249 g/mol. The molecule has 1 unspecified atom stereocenters. The van der Waals surface area contributed by atoms with Gasteiger partial charge in [0, 0.05) is 13.1 Å². The third-order valence-electron chi connectivity index (χ3n) is 3.73. The Hall–Kier alpha value is -1.06. The molecule has 0 amide bonds. The quantitative estimate of drug-likeness (QED) is 0.725. The predicted octanol–water partition coefficient (Wildman–Crippen LogP) is 2.42. The van der Waals surface area contributed by atoms with Crippen molar-refractivity contribution in [3.8, 4) is 5.75 Å². The fourth-order valence-electron chi connectivity index (χ4n) is 2.71. The van der Waals surface area contributed by atoms with Crippen LogP contribution in [0.5, 0.6) is 5.75 Å². The second-order valence-corrected chi connectivity index (χ2v) is 5.34. The first-order valence-electron chi connectivity index (χ1n) is 6.91. The summed E-state index contributed by atoms with van der Waals surface area (Å²) in [4.78, 5) is 0. The van der Waals surface area contributed by atoms with Crippen LogP contribution in [0.1, 0.15) is 37.7 Å². The molecule has 0 bridgehead atoms. The van der Waals surface area contributed by atoms with Crippen molar-refractivity contribution in [1.29, 1.82) is 0 Å². The van der Waals surface area contributed by atoms with Crippen molar-refractivity contribution in [1.82, 2.24) is 5.32 Å². The second kappa shape index (κ2) is 6.76. The van der Waals surface area contributed by atoms with Crippen LogP contribution in [0.4, 0.5) is 0 Å². The van der Waals surface area contributed by atoms with Gasteiger partial charge in [0.05, 0.1) is 6.10 Å². The molecule has 100 valence electrons. The zero-order valence-corrected chi connectivity index (χ0v) is 10.8. The van der Waals surface area contributed by atoms with Crippen molar-refractivity contribution >= 4 is 0 Å². The van der Waals surface area contributed by atoms with Crippen molar-refractivity contribution in [3.63, 3.8) is 0 Å². The van der Waals surface area contributed by atoms with Gasteiger partial charge < -0.3 is 15.5 Å². The van der Waals surface area contributed by atoms with Gasteiger partial charge in [-0.25, -0.2) is 0 Å². The van der Waals surface area contributed by atoms with E-state index in [-0.39, 0.29) is 6.10 Å². The summed E-state index contributed by atoms with van der Waals surface area (Å²) in [7, 11) is 0. The van der Waals surface area contributed by atoms with Crippen molar-refractivity contribution in [2.45, 2.75) is 44.8 Å². The van der Waals surface area contributed by atoms with Crippen molar-refractivity contribution < 1.29 is 10.2 Å². The Balaban J connectivity index is 1.63. The number of aliphatic hydroxyl groups is 1. The van der Waals surface area contributed by atoms with Crippen molar-refractivity contribution in [2.24, 2.45) is 5.92 Å². The van der Waals surface area contributed by atoms with Crippen LogP contribution in [0.3, 0.4) is 0 Å². The van der Waals surface area contributed by atoms with E-state index in [2.05, 4.69) is 5.32 Å². The summed E-state index contributed by atoms with van der Waals surface area (Å²) in [5.41, 5.74) is 1.13. The lowest BCUT2D eigenvalue weighted by molar-refractivity contribution is 0.140. The third kappa shape index (κ3) is 4.31. The molecule has 1 fully saturated rings. The molecule has 0 spiro atoms. The SMILES string of the molecule is Oc1ccc(CNCC(O)CC2CCCC2)cc1. The van der Waals surface area contributed by atoms with Gasteiger partial charge in [-0.15, -0.1) is 0 Å². The van der Waals surface area contributed by atoms with Gasteiger partial charge in [0.2, 0.25) is 0 Å². The zero-order chi connectivity index (χ0) is 12.8. The van der Waals surface area contributed by atoms with Gasteiger partial charge in [-0.05, 0) is 30.0 Å². The van der Waals surface area contributed by atoms with Crippen LogP contribution in [-0.2, 0) is 6.54 Å². The summed E-state index contributed by atoms with van der Waals surface area (Å²) in [5, 5.41) is 22.4. The largest absolute Gasteiger partial charge is 0.508 e. The maximum absolute atomic E-state index is 9.93. The van der Waals surface area contributed by atoms with Crippen LogP contribution in [0.2, 0.25) is 0 Å². The van der Waals surface area contributed by atoms with E-state index in [1.54, 1.807) is 12.1 Å². The van der Waals surface area contributed by atoms with Gasteiger partial charge in [-0.3, -0.25) is 0 Å². The highest BCUT2D eigenvalue weighted by molar-refractivity contribution is 5.25. The van der Waals surface area contributed by atoms with E-state index in [1.165, 1.54) is 25.7 Å². The first-order chi connectivity index (χ1) is 8.74. The van der Waals surface area contributed by atoms with Gasteiger partial charge in [-0.1, -0.05) is 37.8 Å². The third-order valence-corrected chi connectivity index (χ3v) is 3.73. The molecule has 1 aromatic rings. The van der Waals surface area contributed by atoms with Gasteiger partial charge in [0.25, 0.3) is 0 Å². The normalized spacial score (nSPS) is 18.1. The van der Waals surface area contributed by atoms with Crippen molar-refractivity contribution in [3.05, 3.63) is 29.8 Å². The van der Waals surface area contributed by atoms with Crippen LogP contribution in [0, 0.1) is 5.92 Å². The Morgan fingerprint density at radius 3 is 2.50 bits per heavy atom. The summed E-state index contributed by atoms with van der Waals surface area (Å²) in [6.45, 7) is 1.39. The molecular weight excluding hydrogens is 226 g/mol. The van der Waals surface area contributed by atoms with E-state index in [0.29, 0.717) is 12.3 Å². The Labute approximate surface area is 109 Å². The molecule has 0 radical (unpaired) electrons. The molecular formula is C15H23NO2. The van der Waals surface area contributed by atoms with Gasteiger partial charge >= 0.3 is 0 Å². The van der Waals surface area contributed by atoms with E-state index >= 15 is 0 Å². The number of hydrogen-bond donors (Lipinski definition) is 3. The highest BCUT2D eigenvalue weighted by atomic mass is 16.3. The van der Waals surface area contributed by atoms with Crippen LogP contribution in [-0.4, -0.2) is 22.9 Å². The predicted molar refractivity (Wildman–Crippen MR) is 72.4 cm³/mol. The Kier molecular flexibility index (Phi) is 5.02. The van der Waals surface area contributed by atoms with Crippen molar-refractivity contribution in [2.75, 3.05) is 6.54 Å². The van der Waals surface area contributed by atoms with E-state index in [4.69, 9.17) is 5.11 Å². The first-order valence-corrected chi connectivity index (χ1v) is 6.91. The summed E-state index contributed by atoms with van der Waals surface area (Å²) >= 11 is 0. The molecule has 0 aromatic heterocycles. The second-order valence-electron chi connectivity index (χ2n) is 5.34. The Morgan fingerprint density at radius 2 is 1.83 bits per heavy atom. The lowest BCUT2D eigenvalue weighted by Crippen LogP contribution is -2.27. The molecule has 2 rings (SSSR count). The maximum Gasteiger partial charge on any atom is 0.115 e.